The Bertz CT molecular complexity index is 666. The number of urea groups is 1. The number of carbonyl (C=O) groups is 1. The molecule has 0 radical (unpaired) electrons. The van der Waals surface area contributed by atoms with Crippen molar-refractivity contribution in [2.75, 3.05) is 11.9 Å². The van der Waals surface area contributed by atoms with Gasteiger partial charge in [0.25, 0.3) is 0 Å². The van der Waals surface area contributed by atoms with E-state index in [9.17, 15) is 10.0 Å². The molecule has 1 aromatic heterocycles. The van der Waals surface area contributed by atoms with Crippen LogP contribution >= 0.6 is 0 Å². The lowest BCUT2D eigenvalue weighted by Crippen LogP contribution is -2.33. The highest BCUT2D eigenvalue weighted by Gasteiger charge is 2.14. The van der Waals surface area contributed by atoms with Crippen LogP contribution in [0.25, 0.3) is 10.9 Å². The third-order valence-electron chi connectivity index (χ3n) is 4.30. The minimum atomic E-state index is -0.184. The van der Waals surface area contributed by atoms with Crippen molar-refractivity contribution in [3.63, 3.8) is 0 Å². The third-order valence-corrected chi connectivity index (χ3v) is 4.30. The van der Waals surface area contributed by atoms with E-state index in [0.717, 1.165) is 16.7 Å². The molecule has 0 atom stereocenters. The van der Waals surface area contributed by atoms with Gasteiger partial charge in [-0.05, 0) is 37.0 Å². The second-order valence-corrected chi connectivity index (χ2v) is 5.95. The van der Waals surface area contributed by atoms with E-state index in [-0.39, 0.29) is 6.03 Å². The topological polar surface area (TPSA) is 68.1 Å². The SMILES string of the molecule is O=C(NCC1CCCCC1)Nc1ccc2c(ccc[n+]2[O-])c1. The van der Waals surface area contributed by atoms with E-state index in [1.807, 2.05) is 12.1 Å². The van der Waals surface area contributed by atoms with Crippen LogP contribution in [-0.4, -0.2) is 12.6 Å². The molecule has 2 amide bonds. The van der Waals surface area contributed by atoms with Crippen molar-refractivity contribution < 1.29 is 9.52 Å². The minimum absolute atomic E-state index is 0.184. The van der Waals surface area contributed by atoms with E-state index < -0.39 is 0 Å². The van der Waals surface area contributed by atoms with Crippen molar-refractivity contribution in [2.45, 2.75) is 32.1 Å². The maximum atomic E-state index is 12.0. The van der Waals surface area contributed by atoms with Crippen molar-refractivity contribution >= 4 is 22.6 Å². The Labute approximate surface area is 129 Å². The van der Waals surface area contributed by atoms with Crippen LogP contribution in [0.4, 0.5) is 10.5 Å². The molecule has 0 saturated heterocycles. The Morgan fingerprint density at radius 3 is 2.86 bits per heavy atom. The van der Waals surface area contributed by atoms with Crippen molar-refractivity contribution in [3.05, 3.63) is 41.7 Å². The molecular weight excluding hydrogens is 278 g/mol. The minimum Gasteiger partial charge on any atom is -0.618 e. The molecule has 1 aliphatic rings. The van der Waals surface area contributed by atoms with Crippen molar-refractivity contribution in [3.8, 4) is 0 Å². The van der Waals surface area contributed by atoms with E-state index in [4.69, 9.17) is 0 Å². The molecule has 0 spiro atoms. The number of pyridine rings is 1. The Kier molecular flexibility index (Phi) is 4.42. The van der Waals surface area contributed by atoms with Crippen LogP contribution in [0, 0.1) is 11.1 Å². The molecule has 116 valence electrons. The number of aromatic nitrogens is 1. The summed E-state index contributed by atoms with van der Waals surface area (Å²) in [5.74, 6) is 0.607. The number of hydrogen-bond acceptors (Lipinski definition) is 2. The summed E-state index contributed by atoms with van der Waals surface area (Å²) < 4.78 is 0.822. The van der Waals surface area contributed by atoms with E-state index in [2.05, 4.69) is 10.6 Å². The van der Waals surface area contributed by atoms with Crippen molar-refractivity contribution in [1.82, 2.24) is 5.32 Å². The van der Waals surface area contributed by atoms with Crippen molar-refractivity contribution in [2.24, 2.45) is 5.92 Å². The number of benzene rings is 1. The number of nitrogens with one attached hydrogen (secondary N) is 2. The average Bonchev–Trinajstić information content (AvgIpc) is 2.54. The summed E-state index contributed by atoms with van der Waals surface area (Å²) in [6.07, 6.45) is 7.74. The number of hydrogen-bond donors (Lipinski definition) is 2. The molecule has 5 heteroatoms. The lowest BCUT2D eigenvalue weighted by molar-refractivity contribution is -0.577. The number of rotatable bonds is 3. The van der Waals surface area contributed by atoms with Crippen LogP contribution in [0.3, 0.4) is 0 Å². The number of anilines is 1. The van der Waals surface area contributed by atoms with Gasteiger partial charge in [-0.1, -0.05) is 19.3 Å². The highest BCUT2D eigenvalue weighted by molar-refractivity contribution is 5.92. The molecule has 0 aliphatic heterocycles. The van der Waals surface area contributed by atoms with Gasteiger partial charge in [0.1, 0.15) is 0 Å². The molecule has 3 rings (SSSR count). The van der Waals surface area contributed by atoms with Crippen LogP contribution in [0.15, 0.2) is 36.5 Å². The fourth-order valence-electron chi connectivity index (χ4n) is 3.08. The van der Waals surface area contributed by atoms with Crippen LogP contribution in [0.2, 0.25) is 0 Å². The maximum absolute atomic E-state index is 12.0. The molecule has 22 heavy (non-hydrogen) atoms. The van der Waals surface area contributed by atoms with Gasteiger partial charge in [-0.3, -0.25) is 0 Å². The number of nitrogens with zero attached hydrogens (tertiary/aromatic N) is 1. The maximum Gasteiger partial charge on any atom is 0.319 e. The first-order valence-corrected chi connectivity index (χ1v) is 7.89. The zero-order chi connectivity index (χ0) is 15.4. The summed E-state index contributed by atoms with van der Waals surface area (Å²) in [5.41, 5.74) is 1.29. The Morgan fingerprint density at radius 2 is 2.05 bits per heavy atom. The Morgan fingerprint density at radius 1 is 1.23 bits per heavy atom. The molecule has 1 saturated carbocycles. The van der Waals surface area contributed by atoms with Gasteiger partial charge in [0, 0.05) is 29.8 Å². The fourth-order valence-corrected chi connectivity index (χ4v) is 3.08. The molecule has 2 aromatic rings. The van der Waals surface area contributed by atoms with Gasteiger partial charge < -0.3 is 15.8 Å². The van der Waals surface area contributed by atoms with E-state index >= 15 is 0 Å². The summed E-state index contributed by atoms with van der Waals surface area (Å²) in [4.78, 5) is 12.0. The zero-order valence-electron chi connectivity index (χ0n) is 12.5. The normalized spacial score (nSPS) is 15.6. The Balaban J connectivity index is 1.59. The first-order chi connectivity index (χ1) is 10.7. The molecule has 1 fully saturated rings. The molecule has 1 aromatic carbocycles. The summed E-state index contributed by atoms with van der Waals surface area (Å²) in [6, 6.07) is 8.65. The largest absolute Gasteiger partial charge is 0.618 e. The van der Waals surface area contributed by atoms with Gasteiger partial charge in [0.15, 0.2) is 6.20 Å². The predicted molar refractivity (Wildman–Crippen MR) is 86.5 cm³/mol. The molecule has 2 N–H and O–H groups in total. The van der Waals surface area contributed by atoms with Gasteiger partial charge in [0.05, 0.1) is 0 Å². The lowest BCUT2D eigenvalue weighted by Gasteiger charge is -2.21. The van der Waals surface area contributed by atoms with Crippen molar-refractivity contribution in [1.29, 1.82) is 0 Å². The summed E-state index contributed by atoms with van der Waals surface area (Å²) >= 11 is 0. The molecule has 0 bridgehead atoms. The molecular formula is C17H21N3O2. The Hall–Kier alpha value is -2.30. The summed E-state index contributed by atoms with van der Waals surface area (Å²) in [7, 11) is 0. The second kappa shape index (κ2) is 6.64. The molecule has 0 unspecified atom stereocenters. The van der Waals surface area contributed by atoms with Gasteiger partial charge >= 0.3 is 6.03 Å². The van der Waals surface area contributed by atoms with Gasteiger partial charge in [-0.2, -0.15) is 4.73 Å². The van der Waals surface area contributed by atoms with Gasteiger partial charge in [-0.15, -0.1) is 0 Å². The molecule has 1 aliphatic carbocycles. The first-order valence-electron chi connectivity index (χ1n) is 7.89. The van der Waals surface area contributed by atoms with Crippen LogP contribution in [-0.2, 0) is 0 Å². The highest BCUT2D eigenvalue weighted by Crippen LogP contribution is 2.22. The van der Waals surface area contributed by atoms with Gasteiger partial charge in [-0.25, -0.2) is 4.79 Å². The predicted octanol–water partition coefficient (Wildman–Crippen LogP) is 3.18. The molecule has 1 heterocycles. The lowest BCUT2D eigenvalue weighted by atomic mass is 9.89. The van der Waals surface area contributed by atoms with Crippen LogP contribution in [0.5, 0.6) is 0 Å². The van der Waals surface area contributed by atoms with Crippen LogP contribution in [0.1, 0.15) is 32.1 Å². The summed E-state index contributed by atoms with van der Waals surface area (Å²) in [6.45, 7) is 0.736. The third kappa shape index (κ3) is 3.47. The average molecular weight is 299 g/mol. The van der Waals surface area contributed by atoms with E-state index in [1.165, 1.54) is 38.3 Å². The van der Waals surface area contributed by atoms with Gasteiger partial charge in [0.2, 0.25) is 5.52 Å². The standard InChI is InChI=1S/C17H21N3O2/c21-17(18-12-13-5-2-1-3-6-13)19-15-8-9-16-14(11-15)7-4-10-20(16)22/h4,7-11,13H,1-3,5-6,12H2,(H2,18,19,21). The quantitative estimate of drug-likeness (QED) is 0.675. The molecule has 5 nitrogen and oxygen atoms in total. The zero-order valence-corrected chi connectivity index (χ0v) is 12.5. The van der Waals surface area contributed by atoms with E-state index in [1.54, 1.807) is 18.2 Å². The fraction of sp³-hybridized carbons (Fsp3) is 0.412. The van der Waals surface area contributed by atoms with Crippen LogP contribution < -0.4 is 15.4 Å². The second-order valence-electron chi connectivity index (χ2n) is 5.95. The smallest absolute Gasteiger partial charge is 0.319 e. The summed E-state index contributed by atoms with van der Waals surface area (Å²) in [5, 5.41) is 18.2. The number of fused-ring (bicyclic) bond motifs is 1. The van der Waals surface area contributed by atoms with E-state index in [0.29, 0.717) is 17.1 Å². The number of carbonyl (C=O) groups excluding carboxylic acids is 1. The highest BCUT2D eigenvalue weighted by atomic mass is 16.5. The number of amides is 2. The monoisotopic (exact) mass is 299 g/mol. The first kappa shape index (κ1) is 14.6.